The van der Waals surface area contributed by atoms with Crippen molar-refractivity contribution in [1.29, 1.82) is 0 Å². The number of halogens is 1. The summed E-state index contributed by atoms with van der Waals surface area (Å²) in [6, 6.07) is 5.97. The summed E-state index contributed by atoms with van der Waals surface area (Å²) in [5.41, 5.74) is 1.02. The summed E-state index contributed by atoms with van der Waals surface area (Å²) in [7, 11) is 0. The predicted octanol–water partition coefficient (Wildman–Crippen LogP) is 5.50. The van der Waals surface area contributed by atoms with E-state index >= 15 is 0 Å². The molecular weight excluding hydrogens is 412 g/mol. The van der Waals surface area contributed by atoms with E-state index in [-0.39, 0.29) is 0 Å². The van der Waals surface area contributed by atoms with Crippen molar-refractivity contribution in [2.75, 3.05) is 19.3 Å². The third kappa shape index (κ3) is 3.94. The molecule has 0 atom stereocenters. The van der Waals surface area contributed by atoms with Crippen molar-refractivity contribution < 1.29 is 0 Å². The Morgan fingerprint density at radius 2 is 2.12 bits per heavy atom. The first-order valence-electron chi connectivity index (χ1n) is 8.02. The second-order valence-electron chi connectivity index (χ2n) is 6.04. The van der Waals surface area contributed by atoms with Gasteiger partial charge in [0.05, 0.1) is 21.9 Å². The number of nitrogens with zero attached hydrogens (tertiary/aromatic N) is 4. The van der Waals surface area contributed by atoms with Crippen molar-refractivity contribution in [1.82, 2.24) is 19.7 Å². The Labute approximate surface area is 168 Å². The molecule has 9 heteroatoms. The van der Waals surface area contributed by atoms with E-state index < -0.39 is 0 Å². The molecule has 4 rings (SSSR count). The molecule has 0 spiro atoms. The van der Waals surface area contributed by atoms with Crippen LogP contribution in [0.2, 0.25) is 5.02 Å². The summed E-state index contributed by atoms with van der Waals surface area (Å²) in [4.78, 5) is 7.25. The topological polar surface area (TPSA) is 34.0 Å². The molecule has 25 heavy (non-hydrogen) atoms. The number of likely N-dealkylation sites (tertiary alicyclic amines) is 1. The zero-order chi connectivity index (χ0) is 17.4. The highest BCUT2D eigenvalue weighted by atomic mass is 35.5. The van der Waals surface area contributed by atoms with Gasteiger partial charge in [-0.1, -0.05) is 34.7 Å². The largest absolute Gasteiger partial charge is 0.284 e. The molecule has 3 aromatic rings. The molecular formula is C16H17ClN4S4. The average Bonchev–Trinajstić information content (AvgIpc) is 3.19. The number of thioether (sulfide) groups is 1. The molecule has 1 aromatic carbocycles. The van der Waals surface area contributed by atoms with Crippen LogP contribution in [0, 0.1) is 3.95 Å². The molecule has 1 saturated heterocycles. The Hall–Kier alpha value is -0.510. The third-order valence-electron chi connectivity index (χ3n) is 4.40. The number of hydrogen-bond donors (Lipinski definition) is 0. The van der Waals surface area contributed by atoms with Crippen molar-refractivity contribution in [3.63, 3.8) is 0 Å². The molecule has 4 nitrogen and oxygen atoms in total. The van der Waals surface area contributed by atoms with E-state index in [1.807, 2.05) is 23.1 Å². The normalized spacial score (nSPS) is 16.7. The van der Waals surface area contributed by atoms with Crippen molar-refractivity contribution >= 4 is 68.5 Å². The molecule has 0 saturated carbocycles. The maximum Gasteiger partial charge on any atom is 0.181 e. The smallest absolute Gasteiger partial charge is 0.181 e. The Balaban J connectivity index is 1.41. The lowest BCUT2D eigenvalue weighted by atomic mass is 9.98. The van der Waals surface area contributed by atoms with E-state index in [1.54, 1.807) is 34.4 Å². The van der Waals surface area contributed by atoms with Crippen LogP contribution in [0.4, 0.5) is 0 Å². The number of piperidine rings is 1. The van der Waals surface area contributed by atoms with Crippen LogP contribution in [-0.4, -0.2) is 39.0 Å². The number of thiazole rings is 1. The maximum atomic E-state index is 6.08. The summed E-state index contributed by atoms with van der Waals surface area (Å²) >= 11 is 16.5. The minimum absolute atomic E-state index is 0.539. The van der Waals surface area contributed by atoms with E-state index in [0.717, 1.165) is 51.4 Å². The Bertz CT molecular complexity index is 939. The highest BCUT2D eigenvalue weighted by molar-refractivity contribution is 8.00. The van der Waals surface area contributed by atoms with E-state index in [0.29, 0.717) is 5.92 Å². The number of rotatable bonds is 4. The molecule has 0 aliphatic carbocycles. The molecule has 0 bridgehead atoms. The van der Waals surface area contributed by atoms with E-state index in [4.69, 9.17) is 28.8 Å². The SMILES string of the molecule is CSc1nn(CN2CCC(c3nc4cc(Cl)ccc4s3)CC2)c(=S)s1. The van der Waals surface area contributed by atoms with Crippen LogP contribution in [0.15, 0.2) is 22.5 Å². The number of benzene rings is 1. The summed E-state index contributed by atoms with van der Waals surface area (Å²) in [5.74, 6) is 0.539. The van der Waals surface area contributed by atoms with Crippen LogP contribution < -0.4 is 0 Å². The fraction of sp³-hybridized carbons (Fsp3) is 0.438. The van der Waals surface area contributed by atoms with Crippen LogP contribution in [0.25, 0.3) is 10.2 Å². The van der Waals surface area contributed by atoms with Gasteiger partial charge in [0.2, 0.25) is 0 Å². The second-order valence-corrected chi connectivity index (χ2v) is 10.2. The van der Waals surface area contributed by atoms with Gasteiger partial charge in [-0.05, 0) is 49.5 Å². The van der Waals surface area contributed by atoms with Gasteiger partial charge in [0.1, 0.15) is 0 Å². The molecule has 0 radical (unpaired) electrons. The van der Waals surface area contributed by atoms with Gasteiger partial charge in [0, 0.05) is 24.0 Å². The number of hydrogen-bond acceptors (Lipinski definition) is 7. The van der Waals surface area contributed by atoms with Gasteiger partial charge in [-0.15, -0.1) is 11.3 Å². The average molecular weight is 429 g/mol. The van der Waals surface area contributed by atoms with Crippen LogP contribution in [0.5, 0.6) is 0 Å². The summed E-state index contributed by atoms with van der Waals surface area (Å²) in [5, 5.41) is 6.56. The van der Waals surface area contributed by atoms with Gasteiger partial charge in [-0.3, -0.25) is 4.90 Å². The monoisotopic (exact) mass is 428 g/mol. The molecule has 1 fully saturated rings. The molecule has 0 amide bonds. The molecule has 1 aliphatic rings. The minimum Gasteiger partial charge on any atom is -0.284 e. The standard InChI is InChI=1S/C16H17ClN4S4/c1-23-15-19-21(16(22)25-15)9-20-6-4-10(5-7-20)14-18-12-8-11(17)2-3-13(12)24-14/h2-3,8,10H,4-7,9H2,1H3. The first-order valence-corrected chi connectivity index (χ1v) is 11.7. The van der Waals surface area contributed by atoms with Crippen LogP contribution >= 0.6 is 58.3 Å². The van der Waals surface area contributed by atoms with E-state index in [2.05, 4.69) is 16.1 Å². The third-order valence-corrected chi connectivity index (χ3v) is 8.12. The number of aromatic nitrogens is 3. The van der Waals surface area contributed by atoms with Crippen LogP contribution in [0.1, 0.15) is 23.8 Å². The van der Waals surface area contributed by atoms with Crippen molar-refractivity contribution in [3.8, 4) is 0 Å². The lowest BCUT2D eigenvalue weighted by molar-refractivity contribution is 0.160. The Morgan fingerprint density at radius 3 is 2.84 bits per heavy atom. The molecule has 2 aromatic heterocycles. The summed E-state index contributed by atoms with van der Waals surface area (Å²) in [6.07, 6.45) is 4.29. The maximum absolute atomic E-state index is 6.08. The fourth-order valence-electron chi connectivity index (χ4n) is 3.06. The van der Waals surface area contributed by atoms with Gasteiger partial charge in [0.15, 0.2) is 8.29 Å². The minimum atomic E-state index is 0.539. The lowest BCUT2D eigenvalue weighted by Crippen LogP contribution is -2.34. The van der Waals surface area contributed by atoms with E-state index in [9.17, 15) is 0 Å². The zero-order valence-corrected chi connectivity index (χ0v) is 17.7. The highest BCUT2D eigenvalue weighted by Gasteiger charge is 2.24. The van der Waals surface area contributed by atoms with Gasteiger partial charge in [-0.2, -0.15) is 5.10 Å². The van der Waals surface area contributed by atoms with Crippen molar-refractivity contribution in [3.05, 3.63) is 32.2 Å². The van der Waals surface area contributed by atoms with Gasteiger partial charge in [-0.25, -0.2) is 9.67 Å². The predicted molar refractivity (Wildman–Crippen MR) is 111 cm³/mol. The highest BCUT2D eigenvalue weighted by Crippen LogP contribution is 2.34. The zero-order valence-electron chi connectivity index (χ0n) is 13.6. The first kappa shape index (κ1) is 17.9. The molecule has 0 N–H and O–H groups in total. The molecule has 132 valence electrons. The number of fused-ring (bicyclic) bond motifs is 1. The summed E-state index contributed by atoms with van der Waals surface area (Å²) in [6.45, 7) is 2.89. The van der Waals surface area contributed by atoms with Gasteiger partial charge in [0.25, 0.3) is 0 Å². The first-order chi connectivity index (χ1) is 12.1. The molecule has 0 unspecified atom stereocenters. The van der Waals surface area contributed by atoms with Gasteiger partial charge >= 0.3 is 0 Å². The lowest BCUT2D eigenvalue weighted by Gasteiger charge is -2.30. The summed E-state index contributed by atoms with van der Waals surface area (Å²) < 4.78 is 5.06. The quantitative estimate of drug-likeness (QED) is 0.405. The van der Waals surface area contributed by atoms with Crippen molar-refractivity contribution in [2.45, 2.75) is 29.8 Å². The fourth-order valence-corrected chi connectivity index (χ4v) is 6.08. The van der Waals surface area contributed by atoms with Crippen molar-refractivity contribution in [2.24, 2.45) is 0 Å². The van der Waals surface area contributed by atoms with Crippen LogP contribution in [0.3, 0.4) is 0 Å². The Morgan fingerprint density at radius 1 is 1.32 bits per heavy atom. The van der Waals surface area contributed by atoms with Crippen LogP contribution in [-0.2, 0) is 6.67 Å². The Kier molecular flexibility index (Phi) is 5.45. The molecule has 3 heterocycles. The van der Waals surface area contributed by atoms with Gasteiger partial charge < -0.3 is 0 Å². The second kappa shape index (κ2) is 7.62. The van der Waals surface area contributed by atoms with E-state index in [1.165, 1.54) is 9.71 Å². The molecule has 1 aliphatic heterocycles.